The molecule has 0 bridgehead atoms. The zero-order chi connectivity index (χ0) is 20.9. The first-order valence-electron chi connectivity index (χ1n) is 9.30. The van der Waals surface area contributed by atoms with E-state index in [2.05, 4.69) is 30.9 Å². The minimum absolute atomic E-state index is 0.160. The summed E-state index contributed by atoms with van der Waals surface area (Å²) in [6, 6.07) is 11.6. The average molecular weight is 421 g/mol. The predicted molar refractivity (Wildman–Crippen MR) is 114 cm³/mol. The number of nitrogens with one attached hydrogen (secondary N) is 1. The van der Waals surface area contributed by atoms with Crippen LogP contribution in [0.15, 0.2) is 60.1 Å². The molecule has 30 heavy (non-hydrogen) atoms. The lowest BCUT2D eigenvalue weighted by atomic mass is 10.1. The smallest absolute Gasteiger partial charge is 0.235 e. The Bertz CT molecular complexity index is 1150. The van der Waals surface area contributed by atoms with E-state index in [0.717, 1.165) is 22.4 Å². The fraction of sp³-hybridized carbons (Fsp3) is 0.200. The SMILES string of the molecule is Cc1cccc(-n2nnnc2SCC(=O)Nc2ccnn2Cc2ccncc2)c1C. The van der Waals surface area contributed by atoms with Gasteiger partial charge in [-0.3, -0.25) is 9.78 Å². The number of carbonyl (C=O) groups is 1. The number of hydrogen-bond donors (Lipinski definition) is 1. The standard InChI is InChI=1S/C20H20N8OS/c1-14-4-3-5-17(15(14)2)28-20(24-25-26-28)30-13-19(29)23-18-8-11-22-27(18)12-16-6-9-21-10-7-16/h3-11H,12-13H2,1-2H3,(H,23,29). The number of rotatable bonds is 7. The Hall–Kier alpha value is -3.53. The van der Waals surface area contributed by atoms with Crippen LogP contribution in [-0.2, 0) is 11.3 Å². The van der Waals surface area contributed by atoms with Gasteiger partial charge in [-0.25, -0.2) is 4.68 Å². The van der Waals surface area contributed by atoms with Gasteiger partial charge in [0.05, 0.1) is 24.2 Å². The van der Waals surface area contributed by atoms with Crippen molar-refractivity contribution in [3.8, 4) is 5.69 Å². The number of aromatic nitrogens is 7. The second-order valence-electron chi connectivity index (χ2n) is 6.66. The second-order valence-corrected chi connectivity index (χ2v) is 7.60. The van der Waals surface area contributed by atoms with Crippen molar-refractivity contribution in [3.63, 3.8) is 0 Å². The molecule has 1 amide bonds. The van der Waals surface area contributed by atoms with Gasteiger partial charge in [0.2, 0.25) is 11.1 Å². The van der Waals surface area contributed by atoms with Crippen molar-refractivity contribution < 1.29 is 4.79 Å². The van der Waals surface area contributed by atoms with Crippen LogP contribution in [0.1, 0.15) is 16.7 Å². The van der Waals surface area contributed by atoms with E-state index in [9.17, 15) is 4.79 Å². The molecule has 10 heteroatoms. The second kappa shape index (κ2) is 8.87. The van der Waals surface area contributed by atoms with Crippen LogP contribution in [0.2, 0.25) is 0 Å². The van der Waals surface area contributed by atoms with Gasteiger partial charge in [-0.2, -0.15) is 9.78 Å². The number of anilines is 1. The van der Waals surface area contributed by atoms with Gasteiger partial charge in [-0.05, 0) is 59.2 Å². The molecule has 0 radical (unpaired) electrons. The van der Waals surface area contributed by atoms with Crippen molar-refractivity contribution in [2.24, 2.45) is 0 Å². The van der Waals surface area contributed by atoms with E-state index in [1.165, 1.54) is 11.8 Å². The number of hydrogen-bond acceptors (Lipinski definition) is 7. The summed E-state index contributed by atoms with van der Waals surface area (Å²) in [6.07, 6.45) is 5.12. The summed E-state index contributed by atoms with van der Waals surface area (Å²) >= 11 is 1.28. The van der Waals surface area contributed by atoms with Crippen LogP contribution in [0.3, 0.4) is 0 Å². The first-order valence-corrected chi connectivity index (χ1v) is 10.3. The first kappa shape index (κ1) is 19.8. The van der Waals surface area contributed by atoms with Crippen LogP contribution in [0.4, 0.5) is 5.82 Å². The Balaban J connectivity index is 1.41. The molecule has 152 valence electrons. The van der Waals surface area contributed by atoms with Gasteiger partial charge >= 0.3 is 0 Å². The van der Waals surface area contributed by atoms with Crippen LogP contribution in [0.5, 0.6) is 0 Å². The number of pyridine rings is 1. The monoisotopic (exact) mass is 420 g/mol. The highest BCUT2D eigenvalue weighted by Gasteiger charge is 2.15. The molecule has 0 atom stereocenters. The molecular weight excluding hydrogens is 400 g/mol. The maximum Gasteiger partial charge on any atom is 0.235 e. The highest BCUT2D eigenvalue weighted by atomic mass is 32.2. The Morgan fingerprint density at radius 1 is 1.10 bits per heavy atom. The van der Waals surface area contributed by atoms with Crippen molar-refractivity contribution in [1.29, 1.82) is 0 Å². The summed E-state index contributed by atoms with van der Waals surface area (Å²) < 4.78 is 3.39. The predicted octanol–water partition coefficient (Wildman–Crippen LogP) is 2.65. The van der Waals surface area contributed by atoms with Gasteiger partial charge in [0.25, 0.3) is 0 Å². The van der Waals surface area contributed by atoms with Crippen LogP contribution < -0.4 is 5.32 Å². The van der Waals surface area contributed by atoms with E-state index in [0.29, 0.717) is 17.5 Å². The molecule has 4 aromatic rings. The molecule has 0 aliphatic heterocycles. The van der Waals surface area contributed by atoms with Crippen molar-refractivity contribution in [1.82, 2.24) is 35.0 Å². The molecule has 0 fully saturated rings. The minimum atomic E-state index is -0.160. The molecule has 0 saturated carbocycles. The number of thioether (sulfide) groups is 1. The Kier molecular flexibility index (Phi) is 5.84. The van der Waals surface area contributed by atoms with E-state index >= 15 is 0 Å². The average Bonchev–Trinajstić information content (AvgIpc) is 3.39. The zero-order valence-corrected chi connectivity index (χ0v) is 17.4. The van der Waals surface area contributed by atoms with Gasteiger partial charge in [0, 0.05) is 18.5 Å². The fourth-order valence-corrected chi connectivity index (χ4v) is 3.60. The van der Waals surface area contributed by atoms with E-state index < -0.39 is 0 Å². The van der Waals surface area contributed by atoms with Crippen LogP contribution in [-0.4, -0.2) is 46.6 Å². The summed E-state index contributed by atoms with van der Waals surface area (Å²) in [4.78, 5) is 16.5. The largest absolute Gasteiger partial charge is 0.310 e. The molecule has 3 aromatic heterocycles. The lowest BCUT2D eigenvalue weighted by molar-refractivity contribution is -0.113. The first-order chi connectivity index (χ1) is 14.6. The third kappa shape index (κ3) is 4.38. The summed E-state index contributed by atoms with van der Waals surface area (Å²) in [6.45, 7) is 4.61. The third-order valence-electron chi connectivity index (χ3n) is 4.64. The minimum Gasteiger partial charge on any atom is -0.310 e. The number of aryl methyl sites for hydroxylation is 1. The molecule has 3 heterocycles. The van der Waals surface area contributed by atoms with Crippen LogP contribution >= 0.6 is 11.8 Å². The van der Waals surface area contributed by atoms with E-state index in [-0.39, 0.29) is 11.7 Å². The molecule has 0 saturated heterocycles. The van der Waals surface area contributed by atoms with Gasteiger partial charge < -0.3 is 5.32 Å². The van der Waals surface area contributed by atoms with Crippen molar-refractivity contribution in [3.05, 3.63) is 71.7 Å². The molecule has 0 aliphatic carbocycles. The van der Waals surface area contributed by atoms with Gasteiger partial charge in [-0.1, -0.05) is 23.9 Å². The van der Waals surface area contributed by atoms with Crippen LogP contribution in [0.25, 0.3) is 5.69 Å². The van der Waals surface area contributed by atoms with Crippen molar-refractivity contribution >= 4 is 23.5 Å². The number of nitrogens with zero attached hydrogens (tertiary/aromatic N) is 7. The maximum absolute atomic E-state index is 12.5. The summed E-state index contributed by atoms with van der Waals surface area (Å²) in [5.74, 6) is 0.643. The van der Waals surface area contributed by atoms with E-state index in [4.69, 9.17) is 0 Å². The summed E-state index contributed by atoms with van der Waals surface area (Å²) in [5, 5.41) is 19.7. The number of tetrazole rings is 1. The summed E-state index contributed by atoms with van der Waals surface area (Å²) in [7, 11) is 0. The fourth-order valence-electron chi connectivity index (χ4n) is 2.92. The van der Waals surface area contributed by atoms with Crippen molar-refractivity contribution in [2.75, 3.05) is 11.1 Å². The molecule has 1 aromatic carbocycles. The lowest BCUT2D eigenvalue weighted by Crippen LogP contribution is -2.18. The van der Waals surface area contributed by atoms with Crippen LogP contribution in [0, 0.1) is 13.8 Å². The Morgan fingerprint density at radius 3 is 2.77 bits per heavy atom. The topological polar surface area (TPSA) is 103 Å². The van der Waals surface area contributed by atoms with E-state index in [1.807, 2.05) is 44.2 Å². The van der Waals surface area contributed by atoms with Gasteiger partial charge in [0.1, 0.15) is 5.82 Å². The number of benzene rings is 1. The van der Waals surface area contributed by atoms with Gasteiger partial charge in [-0.15, -0.1) is 5.10 Å². The Morgan fingerprint density at radius 2 is 1.93 bits per heavy atom. The zero-order valence-electron chi connectivity index (χ0n) is 16.6. The molecule has 1 N–H and O–H groups in total. The van der Waals surface area contributed by atoms with Crippen molar-refractivity contribution in [2.45, 2.75) is 25.5 Å². The third-order valence-corrected chi connectivity index (χ3v) is 5.56. The molecular formula is C20H20N8OS. The number of amides is 1. The molecule has 0 aliphatic rings. The maximum atomic E-state index is 12.5. The Labute approximate surface area is 177 Å². The molecule has 4 rings (SSSR count). The number of carbonyl (C=O) groups excluding carboxylic acids is 1. The molecule has 9 nitrogen and oxygen atoms in total. The highest BCUT2D eigenvalue weighted by molar-refractivity contribution is 7.99. The summed E-state index contributed by atoms with van der Waals surface area (Å²) in [5.41, 5.74) is 4.19. The normalized spacial score (nSPS) is 10.9. The quantitative estimate of drug-likeness (QED) is 0.458. The lowest BCUT2D eigenvalue weighted by Gasteiger charge is -2.10. The van der Waals surface area contributed by atoms with E-state index in [1.54, 1.807) is 34.0 Å². The molecule has 0 unspecified atom stereocenters. The highest BCUT2D eigenvalue weighted by Crippen LogP contribution is 2.22. The molecule has 0 spiro atoms. The van der Waals surface area contributed by atoms with Gasteiger partial charge in [0.15, 0.2) is 0 Å².